The average Bonchev–Trinajstić information content (AvgIpc) is 3.00. The Morgan fingerprint density at radius 3 is 2.49 bits per heavy atom. The molecule has 1 heterocycles. The Morgan fingerprint density at radius 1 is 1.00 bits per heavy atom. The third-order valence-corrected chi connectivity index (χ3v) is 7.67. The lowest BCUT2D eigenvalue weighted by Crippen LogP contribution is -2.47. The number of carbonyl (C=O) groups is 1. The molecule has 226 valence electrons. The second-order valence-electron chi connectivity index (χ2n) is 10.5. The van der Waals surface area contributed by atoms with Crippen molar-refractivity contribution in [3.05, 3.63) is 112 Å². The zero-order valence-corrected chi connectivity index (χ0v) is 24.6. The van der Waals surface area contributed by atoms with Crippen molar-refractivity contribution in [2.45, 2.75) is 21.3 Å². The molecule has 0 radical (unpaired) electrons. The first-order valence-corrected chi connectivity index (χ1v) is 14.4. The summed E-state index contributed by atoms with van der Waals surface area (Å²) in [6, 6.07) is 27.1. The zero-order valence-electron chi connectivity index (χ0n) is 23.9. The van der Waals surface area contributed by atoms with Gasteiger partial charge in [0.15, 0.2) is 0 Å². The molecule has 1 aliphatic rings. The van der Waals surface area contributed by atoms with E-state index >= 15 is 0 Å². The number of aryl methyl sites for hydroxylation is 2. The lowest BCUT2D eigenvalue weighted by molar-refractivity contribution is 0.0955. The van der Waals surface area contributed by atoms with Crippen LogP contribution in [-0.4, -0.2) is 61.5 Å². The average molecular weight is 601 g/mol. The third-order valence-electron chi connectivity index (χ3n) is 7.36. The molecule has 4 aromatic carbocycles. The van der Waals surface area contributed by atoms with Gasteiger partial charge in [0.05, 0.1) is 11.2 Å². The van der Waals surface area contributed by atoms with Crippen molar-refractivity contribution in [3.63, 3.8) is 0 Å². The lowest BCUT2D eigenvalue weighted by atomic mass is 9.99. The molecule has 5 rings (SSSR count). The van der Waals surface area contributed by atoms with Gasteiger partial charge in [0.25, 0.3) is 5.91 Å². The van der Waals surface area contributed by atoms with Gasteiger partial charge in [-0.05, 0) is 78.6 Å². The Morgan fingerprint density at radius 2 is 1.77 bits per heavy atom. The van der Waals surface area contributed by atoms with Crippen LogP contribution in [0.25, 0.3) is 11.1 Å². The fourth-order valence-electron chi connectivity index (χ4n) is 5.11. The summed E-state index contributed by atoms with van der Waals surface area (Å²) in [6.07, 6.45) is 1.61. The summed E-state index contributed by atoms with van der Waals surface area (Å²) in [6.45, 7) is 9.60. The highest BCUT2D eigenvalue weighted by atomic mass is 35.5. The van der Waals surface area contributed by atoms with Crippen LogP contribution in [0.3, 0.4) is 0 Å². The van der Waals surface area contributed by atoms with E-state index in [4.69, 9.17) is 16.3 Å². The number of nitrogens with zero attached hydrogens (tertiary/aromatic N) is 3. The maximum Gasteiger partial charge on any atom is 0.271 e. The van der Waals surface area contributed by atoms with Crippen LogP contribution in [0.5, 0.6) is 11.5 Å². The molecule has 0 spiro atoms. The predicted molar refractivity (Wildman–Crippen MR) is 179 cm³/mol. The number of hydrazone groups is 1. The summed E-state index contributed by atoms with van der Waals surface area (Å²) in [7, 11) is 0. The number of hydrogen-bond acceptors (Lipinski definition) is 6. The quantitative estimate of drug-likeness (QED) is 0.157. The largest absolute Gasteiger partial charge is 0.506 e. The summed E-state index contributed by atoms with van der Waals surface area (Å²) < 4.78 is 6.43. The summed E-state index contributed by atoms with van der Waals surface area (Å²) in [5.74, 6) is 0.343. The van der Waals surface area contributed by atoms with Crippen molar-refractivity contribution in [2.75, 3.05) is 44.2 Å². The van der Waals surface area contributed by atoms with Crippen molar-refractivity contribution >= 4 is 29.4 Å². The topological polar surface area (TPSA) is 77.4 Å². The second-order valence-corrected chi connectivity index (χ2v) is 10.9. The number of phenols is 1. The van der Waals surface area contributed by atoms with E-state index in [9.17, 15) is 9.90 Å². The van der Waals surface area contributed by atoms with Crippen molar-refractivity contribution in [1.82, 2.24) is 10.3 Å². The first-order valence-electron chi connectivity index (χ1n) is 14.1. The van der Waals surface area contributed by atoms with Gasteiger partial charge < -0.3 is 14.7 Å². The number of anilines is 1. The first kappa shape index (κ1) is 31.6. The minimum atomic E-state index is -0.423. The molecule has 0 saturated carbocycles. The van der Waals surface area contributed by atoms with E-state index in [0.29, 0.717) is 12.2 Å². The Kier molecular flexibility index (Phi) is 10.8. The van der Waals surface area contributed by atoms with Crippen LogP contribution in [0.1, 0.15) is 35.9 Å². The molecule has 43 heavy (non-hydrogen) atoms. The van der Waals surface area contributed by atoms with Gasteiger partial charge in [0.1, 0.15) is 18.1 Å². The molecule has 4 aromatic rings. The standard InChI is InChI=1S/C34H35ClN4O3.CH4.H2/c1-24-7-6-10-29(19-24)39-15-13-38(14-16-39)17-18-42-33-25(2)20-26(21-30(33)27-8-4-3-5-9-27)23-36-37-34(41)28-11-12-32(40)31(35)22-28;;/h3-12,19-23,40H,13-18H2,1-2H3,(H,37,41);1H4;1H/b36-23+;;. The van der Waals surface area contributed by atoms with Crippen LogP contribution in [-0.2, 0) is 0 Å². The molecule has 0 atom stereocenters. The van der Waals surface area contributed by atoms with Gasteiger partial charge >= 0.3 is 0 Å². The minimum Gasteiger partial charge on any atom is -0.506 e. The van der Waals surface area contributed by atoms with E-state index in [1.54, 1.807) is 6.21 Å². The van der Waals surface area contributed by atoms with Crippen LogP contribution >= 0.6 is 11.6 Å². The molecule has 0 bridgehead atoms. The fourth-order valence-corrected chi connectivity index (χ4v) is 5.29. The molecule has 1 saturated heterocycles. The van der Waals surface area contributed by atoms with Gasteiger partial charge in [-0.2, -0.15) is 5.10 Å². The molecule has 1 fully saturated rings. The maximum atomic E-state index is 12.5. The highest BCUT2D eigenvalue weighted by Crippen LogP contribution is 2.34. The van der Waals surface area contributed by atoms with Crippen molar-refractivity contribution in [1.29, 1.82) is 0 Å². The molecule has 0 aliphatic carbocycles. The van der Waals surface area contributed by atoms with Crippen LogP contribution in [0.4, 0.5) is 5.69 Å². The van der Waals surface area contributed by atoms with Gasteiger partial charge in [-0.3, -0.25) is 9.69 Å². The summed E-state index contributed by atoms with van der Waals surface area (Å²) in [4.78, 5) is 17.4. The van der Waals surface area contributed by atoms with Crippen LogP contribution in [0.2, 0.25) is 5.02 Å². The van der Waals surface area contributed by atoms with E-state index in [-0.39, 0.29) is 19.6 Å². The molecular formula is C35H41ClN4O3. The Balaban J connectivity index is 0.00000264. The van der Waals surface area contributed by atoms with Crippen molar-refractivity contribution in [3.8, 4) is 22.6 Å². The molecule has 1 aliphatic heterocycles. The monoisotopic (exact) mass is 600 g/mol. The predicted octanol–water partition coefficient (Wildman–Crippen LogP) is 7.18. The number of ether oxygens (including phenoxy) is 1. The highest BCUT2D eigenvalue weighted by molar-refractivity contribution is 6.32. The number of piperazine rings is 1. The van der Waals surface area contributed by atoms with Gasteiger partial charge in [0, 0.05) is 51.0 Å². The number of nitrogens with one attached hydrogen (secondary N) is 1. The van der Waals surface area contributed by atoms with E-state index in [0.717, 1.165) is 60.7 Å². The Labute approximate surface area is 260 Å². The van der Waals surface area contributed by atoms with Crippen molar-refractivity contribution < 1.29 is 16.1 Å². The maximum absolute atomic E-state index is 12.5. The molecule has 2 N–H and O–H groups in total. The minimum absolute atomic E-state index is 0. The number of amides is 1. The smallest absolute Gasteiger partial charge is 0.271 e. The van der Waals surface area contributed by atoms with Gasteiger partial charge in [-0.15, -0.1) is 0 Å². The van der Waals surface area contributed by atoms with E-state index in [2.05, 4.69) is 63.6 Å². The van der Waals surface area contributed by atoms with Crippen LogP contribution < -0.4 is 15.1 Å². The van der Waals surface area contributed by atoms with Gasteiger partial charge in [-0.25, -0.2) is 5.43 Å². The molecule has 0 unspecified atom stereocenters. The zero-order chi connectivity index (χ0) is 29.5. The van der Waals surface area contributed by atoms with E-state index < -0.39 is 5.91 Å². The number of aromatic hydroxyl groups is 1. The van der Waals surface area contributed by atoms with Gasteiger partial charge in [-0.1, -0.05) is 61.5 Å². The molecule has 0 aromatic heterocycles. The SMILES string of the molecule is C.Cc1cccc(N2CCN(CCOc3c(C)cc(/C=N/NC(=O)c4ccc(O)c(Cl)c4)cc3-c3ccccc3)CC2)c1.[HH]. The number of phenolic OH excluding ortho intramolecular Hbond substituents is 1. The summed E-state index contributed by atoms with van der Waals surface area (Å²) in [5.41, 5.74) is 9.23. The number of rotatable bonds is 9. The molecule has 1 amide bonds. The molecule has 8 heteroatoms. The highest BCUT2D eigenvalue weighted by Gasteiger charge is 2.18. The fraction of sp³-hybridized carbons (Fsp3) is 0.257. The normalized spacial score (nSPS) is 13.5. The third kappa shape index (κ3) is 8.15. The number of benzene rings is 4. The second kappa shape index (κ2) is 14.7. The molecular weight excluding hydrogens is 560 g/mol. The summed E-state index contributed by atoms with van der Waals surface area (Å²) >= 11 is 5.92. The number of carbonyl (C=O) groups excluding carboxylic acids is 1. The van der Waals surface area contributed by atoms with Crippen molar-refractivity contribution in [2.24, 2.45) is 5.10 Å². The Hall–Kier alpha value is -4.33. The lowest BCUT2D eigenvalue weighted by Gasteiger charge is -2.36. The summed E-state index contributed by atoms with van der Waals surface area (Å²) in [5, 5.41) is 13.8. The Bertz CT molecular complexity index is 1570. The van der Waals surface area contributed by atoms with Gasteiger partial charge in [0.2, 0.25) is 0 Å². The van der Waals surface area contributed by atoms with E-state index in [1.807, 2.05) is 37.3 Å². The van der Waals surface area contributed by atoms with Crippen LogP contribution in [0.15, 0.2) is 90.0 Å². The number of halogens is 1. The van der Waals surface area contributed by atoms with Crippen LogP contribution in [0, 0.1) is 13.8 Å². The van der Waals surface area contributed by atoms with E-state index in [1.165, 1.54) is 29.4 Å². The molecule has 7 nitrogen and oxygen atoms in total. The first-order chi connectivity index (χ1) is 20.4. The number of hydrogen-bond donors (Lipinski definition) is 2.